The number of rotatable bonds is 3. The largest absolute Gasteiger partial charge is 0.307 e. The average molecular weight is 191 g/mol. The molecular formula is C11H17N3. The summed E-state index contributed by atoms with van der Waals surface area (Å²) in [5.41, 5.74) is 1.56. The fraction of sp³-hybridized carbons (Fsp3) is 0.636. The molecule has 1 unspecified atom stereocenters. The lowest BCUT2D eigenvalue weighted by Crippen LogP contribution is -2.55. The Kier molecular flexibility index (Phi) is 2.50. The van der Waals surface area contributed by atoms with Crippen molar-refractivity contribution in [3.05, 3.63) is 24.3 Å². The molecule has 1 N–H and O–H groups in total. The minimum atomic E-state index is 0.425. The molecule has 14 heavy (non-hydrogen) atoms. The molecule has 1 aliphatic heterocycles. The Balaban J connectivity index is 2.21. The summed E-state index contributed by atoms with van der Waals surface area (Å²) in [7, 11) is 0. The molecule has 1 fully saturated rings. The van der Waals surface area contributed by atoms with E-state index in [1.54, 1.807) is 6.33 Å². The second-order valence-corrected chi connectivity index (χ2v) is 4.02. The third-order valence-electron chi connectivity index (χ3n) is 3.58. The summed E-state index contributed by atoms with van der Waals surface area (Å²) in [5.74, 6) is 0. The van der Waals surface area contributed by atoms with Crippen LogP contribution in [0.4, 0.5) is 0 Å². The van der Waals surface area contributed by atoms with Gasteiger partial charge in [-0.3, -0.25) is 0 Å². The van der Waals surface area contributed by atoms with E-state index in [-0.39, 0.29) is 0 Å². The fourth-order valence-corrected chi connectivity index (χ4v) is 2.29. The van der Waals surface area contributed by atoms with Crippen LogP contribution in [0.3, 0.4) is 0 Å². The lowest BCUT2D eigenvalue weighted by atomic mass is 9.68. The van der Waals surface area contributed by atoms with Crippen molar-refractivity contribution in [1.29, 1.82) is 0 Å². The van der Waals surface area contributed by atoms with Gasteiger partial charge in [-0.2, -0.15) is 0 Å². The van der Waals surface area contributed by atoms with Gasteiger partial charge in [-0.25, -0.2) is 9.97 Å². The van der Waals surface area contributed by atoms with E-state index < -0.39 is 0 Å². The second-order valence-electron chi connectivity index (χ2n) is 4.02. The molecule has 3 nitrogen and oxygen atoms in total. The van der Waals surface area contributed by atoms with E-state index in [2.05, 4.69) is 29.1 Å². The zero-order chi connectivity index (χ0) is 10.0. The van der Waals surface area contributed by atoms with Crippen molar-refractivity contribution >= 4 is 0 Å². The van der Waals surface area contributed by atoms with Gasteiger partial charge < -0.3 is 5.32 Å². The Bertz CT molecular complexity index is 287. The normalized spacial score (nSPS) is 24.3. The zero-order valence-electron chi connectivity index (χ0n) is 8.83. The Morgan fingerprint density at radius 2 is 2.29 bits per heavy atom. The molecule has 0 bridgehead atoms. The average Bonchev–Trinajstić information content (AvgIpc) is 2.20. The van der Waals surface area contributed by atoms with Crippen molar-refractivity contribution in [3.63, 3.8) is 0 Å². The van der Waals surface area contributed by atoms with Crippen LogP contribution in [0.15, 0.2) is 18.6 Å². The molecule has 2 rings (SSSR count). The SMILES string of the molecule is CCC1(CC)CNC1c1ccncn1. The van der Waals surface area contributed by atoms with E-state index in [1.165, 1.54) is 12.8 Å². The van der Waals surface area contributed by atoms with Gasteiger partial charge in [0.25, 0.3) is 0 Å². The van der Waals surface area contributed by atoms with Crippen molar-refractivity contribution < 1.29 is 0 Å². The van der Waals surface area contributed by atoms with E-state index >= 15 is 0 Å². The maximum Gasteiger partial charge on any atom is 0.115 e. The Hall–Kier alpha value is -0.960. The molecule has 2 heterocycles. The summed E-state index contributed by atoms with van der Waals surface area (Å²) in [6, 6.07) is 2.44. The summed E-state index contributed by atoms with van der Waals surface area (Å²) in [6.07, 6.45) is 5.88. The first-order valence-electron chi connectivity index (χ1n) is 5.31. The maximum absolute atomic E-state index is 4.32. The number of hydrogen-bond acceptors (Lipinski definition) is 3. The molecule has 1 atom stereocenters. The van der Waals surface area contributed by atoms with Crippen LogP contribution in [-0.2, 0) is 0 Å². The Morgan fingerprint density at radius 1 is 1.50 bits per heavy atom. The quantitative estimate of drug-likeness (QED) is 0.793. The number of hydrogen-bond donors (Lipinski definition) is 1. The van der Waals surface area contributed by atoms with Crippen LogP contribution in [0.5, 0.6) is 0 Å². The van der Waals surface area contributed by atoms with Gasteiger partial charge in [0.15, 0.2) is 0 Å². The third kappa shape index (κ3) is 1.32. The predicted molar refractivity (Wildman–Crippen MR) is 55.8 cm³/mol. The first-order valence-corrected chi connectivity index (χ1v) is 5.31. The second kappa shape index (κ2) is 3.65. The van der Waals surface area contributed by atoms with Crippen LogP contribution in [0, 0.1) is 5.41 Å². The highest BCUT2D eigenvalue weighted by atomic mass is 15.1. The van der Waals surface area contributed by atoms with Gasteiger partial charge in [-0.05, 0) is 18.9 Å². The minimum absolute atomic E-state index is 0.425. The van der Waals surface area contributed by atoms with Crippen LogP contribution in [0.2, 0.25) is 0 Å². The Morgan fingerprint density at radius 3 is 2.71 bits per heavy atom. The van der Waals surface area contributed by atoms with Gasteiger partial charge in [0.05, 0.1) is 11.7 Å². The molecule has 0 aliphatic carbocycles. The third-order valence-corrected chi connectivity index (χ3v) is 3.58. The first kappa shape index (κ1) is 9.59. The molecule has 76 valence electrons. The fourth-order valence-electron chi connectivity index (χ4n) is 2.29. The molecule has 1 aliphatic rings. The minimum Gasteiger partial charge on any atom is -0.307 e. The van der Waals surface area contributed by atoms with Gasteiger partial charge in [-0.15, -0.1) is 0 Å². The van der Waals surface area contributed by atoms with E-state index in [4.69, 9.17) is 0 Å². The standard InChI is InChI=1S/C11H17N3/c1-3-11(4-2)7-13-10(11)9-5-6-12-8-14-9/h5-6,8,10,13H,3-4,7H2,1-2H3. The lowest BCUT2D eigenvalue weighted by molar-refractivity contribution is 0.0678. The smallest absolute Gasteiger partial charge is 0.115 e. The molecule has 3 heteroatoms. The van der Waals surface area contributed by atoms with Crippen molar-refractivity contribution in [1.82, 2.24) is 15.3 Å². The summed E-state index contributed by atoms with van der Waals surface area (Å²) >= 11 is 0. The zero-order valence-corrected chi connectivity index (χ0v) is 8.83. The molecule has 1 aromatic rings. The summed E-state index contributed by atoms with van der Waals surface area (Å²) in [4.78, 5) is 8.27. The number of nitrogens with zero attached hydrogens (tertiary/aromatic N) is 2. The van der Waals surface area contributed by atoms with E-state index in [9.17, 15) is 0 Å². The molecule has 0 amide bonds. The molecule has 0 saturated carbocycles. The van der Waals surface area contributed by atoms with E-state index in [0.717, 1.165) is 12.2 Å². The summed E-state index contributed by atoms with van der Waals surface area (Å²) in [5, 5.41) is 3.46. The summed E-state index contributed by atoms with van der Waals surface area (Å²) in [6.45, 7) is 5.64. The van der Waals surface area contributed by atoms with Gasteiger partial charge in [0.1, 0.15) is 6.33 Å². The Labute approximate surface area is 85.0 Å². The van der Waals surface area contributed by atoms with Crippen molar-refractivity contribution in [2.75, 3.05) is 6.54 Å². The van der Waals surface area contributed by atoms with Gasteiger partial charge in [0, 0.05) is 18.2 Å². The number of nitrogens with one attached hydrogen (secondary N) is 1. The van der Waals surface area contributed by atoms with E-state index in [1.807, 2.05) is 12.3 Å². The van der Waals surface area contributed by atoms with Gasteiger partial charge in [-0.1, -0.05) is 13.8 Å². The maximum atomic E-state index is 4.32. The molecule has 0 spiro atoms. The highest BCUT2D eigenvalue weighted by Crippen LogP contribution is 2.45. The van der Waals surface area contributed by atoms with Crippen LogP contribution in [0.1, 0.15) is 38.4 Å². The molecule has 1 aromatic heterocycles. The predicted octanol–water partition coefficient (Wildman–Crippen LogP) is 1.93. The monoisotopic (exact) mass is 191 g/mol. The highest BCUT2D eigenvalue weighted by Gasteiger charge is 2.44. The molecule has 0 radical (unpaired) electrons. The van der Waals surface area contributed by atoms with Crippen LogP contribution < -0.4 is 5.32 Å². The van der Waals surface area contributed by atoms with Crippen molar-refractivity contribution in [3.8, 4) is 0 Å². The molecule has 0 aromatic carbocycles. The van der Waals surface area contributed by atoms with Gasteiger partial charge in [0.2, 0.25) is 0 Å². The van der Waals surface area contributed by atoms with Gasteiger partial charge >= 0.3 is 0 Å². The van der Waals surface area contributed by atoms with Crippen molar-refractivity contribution in [2.24, 2.45) is 5.41 Å². The number of aromatic nitrogens is 2. The summed E-state index contributed by atoms with van der Waals surface area (Å²) < 4.78 is 0. The van der Waals surface area contributed by atoms with Crippen LogP contribution >= 0.6 is 0 Å². The van der Waals surface area contributed by atoms with Crippen LogP contribution in [0.25, 0.3) is 0 Å². The lowest BCUT2D eigenvalue weighted by Gasteiger charge is -2.49. The first-order chi connectivity index (χ1) is 6.82. The van der Waals surface area contributed by atoms with E-state index in [0.29, 0.717) is 11.5 Å². The highest BCUT2D eigenvalue weighted by molar-refractivity contribution is 5.15. The topological polar surface area (TPSA) is 37.8 Å². The van der Waals surface area contributed by atoms with Crippen molar-refractivity contribution in [2.45, 2.75) is 32.7 Å². The molecule has 1 saturated heterocycles. The molecular weight excluding hydrogens is 174 g/mol. The van der Waals surface area contributed by atoms with Crippen LogP contribution in [-0.4, -0.2) is 16.5 Å².